The van der Waals surface area contributed by atoms with E-state index in [1.807, 2.05) is 26.2 Å². The molecule has 0 atom stereocenters. The predicted octanol–water partition coefficient (Wildman–Crippen LogP) is 2.21. The van der Waals surface area contributed by atoms with E-state index in [1.165, 1.54) is 0 Å². The van der Waals surface area contributed by atoms with Crippen molar-refractivity contribution in [1.82, 2.24) is 4.98 Å². The van der Waals surface area contributed by atoms with Gasteiger partial charge in [-0.25, -0.2) is 0 Å². The van der Waals surface area contributed by atoms with Crippen molar-refractivity contribution in [3.8, 4) is 0 Å². The van der Waals surface area contributed by atoms with Gasteiger partial charge in [-0.15, -0.1) is 11.6 Å². The Morgan fingerprint density at radius 3 is 2.87 bits per heavy atom. The number of halogens is 1. The average molecular weight is 229 g/mol. The summed E-state index contributed by atoms with van der Waals surface area (Å²) in [5.41, 5.74) is 3.19. The minimum absolute atomic E-state index is 0.486. The molecule has 4 heteroatoms. The van der Waals surface area contributed by atoms with Crippen LogP contribution in [0.4, 0.5) is 5.69 Å². The topological polar surface area (TPSA) is 25.4 Å². The van der Waals surface area contributed by atoms with Gasteiger partial charge < -0.3 is 9.64 Å². The molecule has 0 saturated carbocycles. The molecule has 1 rings (SSSR count). The van der Waals surface area contributed by atoms with Gasteiger partial charge in [0.25, 0.3) is 0 Å². The molecule has 0 unspecified atom stereocenters. The van der Waals surface area contributed by atoms with Crippen molar-refractivity contribution in [1.29, 1.82) is 0 Å². The molecule has 1 aromatic heterocycles. The van der Waals surface area contributed by atoms with E-state index in [9.17, 15) is 0 Å². The van der Waals surface area contributed by atoms with Crippen LogP contribution in [0, 0.1) is 6.92 Å². The first-order valence-corrected chi connectivity index (χ1v) is 5.44. The number of nitrogens with zero attached hydrogens (tertiary/aromatic N) is 2. The number of likely N-dealkylation sites (N-methyl/N-ethyl adjacent to an activating group) is 1. The fourth-order valence-corrected chi connectivity index (χ4v) is 1.59. The van der Waals surface area contributed by atoms with E-state index in [1.54, 1.807) is 7.11 Å². The highest BCUT2D eigenvalue weighted by Crippen LogP contribution is 2.21. The molecule has 84 valence electrons. The largest absolute Gasteiger partial charge is 0.383 e. The molecule has 0 radical (unpaired) electrons. The first-order chi connectivity index (χ1) is 7.19. The quantitative estimate of drug-likeness (QED) is 0.723. The number of anilines is 1. The standard InChI is InChI=1S/C11H17ClN2O/c1-9-6-11(10(7-12)8-13-9)14(2)4-5-15-3/h6,8H,4-5,7H2,1-3H3. The van der Waals surface area contributed by atoms with E-state index in [0.717, 1.165) is 23.5 Å². The predicted molar refractivity (Wildman–Crippen MR) is 63.7 cm³/mol. The smallest absolute Gasteiger partial charge is 0.0637 e. The van der Waals surface area contributed by atoms with Gasteiger partial charge in [-0.2, -0.15) is 0 Å². The summed E-state index contributed by atoms with van der Waals surface area (Å²) in [4.78, 5) is 6.37. The number of alkyl halides is 1. The van der Waals surface area contributed by atoms with Gasteiger partial charge in [-0.3, -0.25) is 4.98 Å². The number of hydrogen-bond donors (Lipinski definition) is 0. The van der Waals surface area contributed by atoms with Crippen LogP contribution in [0.15, 0.2) is 12.3 Å². The number of rotatable bonds is 5. The van der Waals surface area contributed by atoms with Gasteiger partial charge in [0.1, 0.15) is 0 Å². The molecule has 1 heterocycles. The highest BCUT2D eigenvalue weighted by atomic mass is 35.5. The molecule has 3 nitrogen and oxygen atoms in total. The summed E-state index contributed by atoms with van der Waals surface area (Å²) >= 11 is 5.86. The zero-order chi connectivity index (χ0) is 11.3. The summed E-state index contributed by atoms with van der Waals surface area (Å²) in [5.74, 6) is 0.486. The third kappa shape index (κ3) is 3.36. The highest BCUT2D eigenvalue weighted by Gasteiger charge is 2.07. The van der Waals surface area contributed by atoms with E-state index in [4.69, 9.17) is 16.3 Å². The third-order valence-corrected chi connectivity index (χ3v) is 2.57. The van der Waals surface area contributed by atoms with E-state index in [2.05, 4.69) is 9.88 Å². The van der Waals surface area contributed by atoms with Crippen molar-refractivity contribution in [2.75, 3.05) is 32.2 Å². The molecule has 0 N–H and O–H groups in total. The molecule has 0 bridgehead atoms. The van der Waals surface area contributed by atoms with Gasteiger partial charge in [-0.1, -0.05) is 0 Å². The Labute approximate surface area is 96.0 Å². The van der Waals surface area contributed by atoms with Crippen LogP contribution in [0.25, 0.3) is 0 Å². The number of methoxy groups -OCH3 is 1. The van der Waals surface area contributed by atoms with E-state index < -0.39 is 0 Å². The van der Waals surface area contributed by atoms with Crippen molar-refractivity contribution >= 4 is 17.3 Å². The van der Waals surface area contributed by atoms with Crippen LogP contribution >= 0.6 is 11.6 Å². The Kier molecular flexibility index (Phi) is 4.85. The van der Waals surface area contributed by atoms with E-state index >= 15 is 0 Å². The summed E-state index contributed by atoms with van der Waals surface area (Å²) in [7, 11) is 3.73. The van der Waals surface area contributed by atoms with Crippen molar-refractivity contribution in [2.45, 2.75) is 12.8 Å². The summed E-state index contributed by atoms with van der Waals surface area (Å²) in [6.45, 7) is 3.54. The first kappa shape index (κ1) is 12.3. The number of ether oxygens (including phenoxy) is 1. The fourth-order valence-electron chi connectivity index (χ4n) is 1.38. The van der Waals surface area contributed by atoms with Crippen LogP contribution in [-0.2, 0) is 10.6 Å². The van der Waals surface area contributed by atoms with Crippen molar-refractivity contribution in [3.05, 3.63) is 23.5 Å². The normalized spacial score (nSPS) is 10.4. The summed E-state index contributed by atoms with van der Waals surface area (Å²) in [6.07, 6.45) is 1.83. The van der Waals surface area contributed by atoms with Crippen LogP contribution in [-0.4, -0.2) is 32.3 Å². The monoisotopic (exact) mass is 228 g/mol. The van der Waals surface area contributed by atoms with Gasteiger partial charge in [0, 0.05) is 43.8 Å². The molecular formula is C11H17ClN2O. The lowest BCUT2D eigenvalue weighted by molar-refractivity contribution is 0.206. The zero-order valence-corrected chi connectivity index (χ0v) is 10.2. The van der Waals surface area contributed by atoms with Crippen LogP contribution in [0.2, 0.25) is 0 Å². The number of pyridine rings is 1. The van der Waals surface area contributed by atoms with Gasteiger partial charge in [0.15, 0.2) is 0 Å². The second-order valence-corrected chi connectivity index (χ2v) is 3.77. The molecule has 15 heavy (non-hydrogen) atoms. The lowest BCUT2D eigenvalue weighted by atomic mass is 10.2. The number of aromatic nitrogens is 1. The highest BCUT2D eigenvalue weighted by molar-refractivity contribution is 6.17. The fraction of sp³-hybridized carbons (Fsp3) is 0.545. The lowest BCUT2D eigenvalue weighted by Crippen LogP contribution is -2.23. The molecule has 0 spiro atoms. The molecule has 0 amide bonds. The molecule has 1 aromatic rings. The number of aryl methyl sites for hydroxylation is 1. The Morgan fingerprint density at radius 2 is 2.27 bits per heavy atom. The Balaban J connectivity index is 2.85. The molecule has 0 aliphatic carbocycles. The van der Waals surface area contributed by atoms with Crippen LogP contribution in [0.5, 0.6) is 0 Å². The lowest BCUT2D eigenvalue weighted by Gasteiger charge is -2.21. The summed E-state index contributed by atoms with van der Waals surface area (Å²) < 4.78 is 5.05. The van der Waals surface area contributed by atoms with E-state index in [0.29, 0.717) is 12.5 Å². The van der Waals surface area contributed by atoms with Crippen molar-refractivity contribution < 1.29 is 4.74 Å². The second kappa shape index (κ2) is 5.93. The number of hydrogen-bond acceptors (Lipinski definition) is 3. The van der Waals surface area contributed by atoms with Crippen molar-refractivity contribution in [2.24, 2.45) is 0 Å². The van der Waals surface area contributed by atoms with Crippen molar-refractivity contribution in [3.63, 3.8) is 0 Å². The first-order valence-electron chi connectivity index (χ1n) is 4.90. The average Bonchev–Trinajstić information content (AvgIpc) is 2.25. The van der Waals surface area contributed by atoms with E-state index in [-0.39, 0.29) is 0 Å². The molecule has 0 aliphatic rings. The van der Waals surface area contributed by atoms with Crippen LogP contribution in [0.3, 0.4) is 0 Å². The van der Waals surface area contributed by atoms with Gasteiger partial charge >= 0.3 is 0 Å². The SMILES string of the molecule is COCCN(C)c1cc(C)ncc1CCl. The molecule has 0 saturated heterocycles. The summed E-state index contributed by atoms with van der Waals surface area (Å²) in [6, 6.07) is 2.05. The third-order valence-electron chi connectivity index (χ3n) is 2.28. The van der Waals surface area contributed by atoms with Gasteiger partial charge in [0.2, 0.25) is 0 Å². The van der Waals surface area contributed by atoms with Crippen LogP contribution in [0.1, 0.15) is 11.3 Å². The summed E-state index contributed by atoms with van der Waals surface area (Å²) in [5, 5.41) is 0. The Hall–Kier alpha value is -0.800. The second-order valence-electron chi connectivity index (χ2n) is 3.50. The Bertz CT molecular complexity index is 317. The minimum Gasteiger partial charge on any atom is -0.383 e. The molecule has 0 aromatic carbocycles. The Morgan fingerprint density at radius 1 is 1.53 bits per heavy atom. The molecule has 0 aliphatic heterocycles. The van der Waals surface area contributed by atoms with Crippen LogP contribution < -0.4 is 4.90 Å². The maximum Gasteiger partial charge on any atom is 0.0637 e. The molecule has 0 fully saturated rings. The minimum atomic E-state index is 0.486. The maximum absolute atomic E-state index is 5.86. The zero-order valence-electron chi connectivity index (χ0n) is 9.46. The van der Waals surface area contributed by atoms with Gasteiger partial charge in [0.05, 0.1) is 12.5 Å². The molecular weight excluding hydrogens is 212 g/mol. The maximum atomic E-state index is 5.86. The van der Waals surface area contributed by atoms with Gasteiger partial charge in [-0.05, 0) is 13.0 Å².